The van der Waals surface area contributed by atoms with E-state index in [1.165, 1.54) is 0 Å². The number of aryl methyl sites for hydroxylation is 2. The van der Waals surface area contributed by atoms with Crippen molar-refractivity contribution >= 4 is 38.9 Å². The summed E-state index contributed by atoms with van der Waals surface area (Å²) in [5.74, 6) is -0.582. The normalized spacial score (nSPS) is 12.8. The van der Waals surface area contributed by atoms with Crippen LogP contribution in [0.5, 0.6) is 0 Å². The van der Waals surface area contributed by atoms with E-state index in [2.05, 4.69) is 15.9 Å². The molecule has 18 heavy (non-hydrogen) atoms. The SMILES string of the molecule is Cc1cc(C(O)c2ccc(Br)c(Cl)c2F)c(C)s1. The number of rotatable bonds is 2. The molecule has 0 amide bonds. The zero-order chi connectivity index (χ0) is 13.4. The molecule has 1 unspecified atom stereocenters. The molecule has 0 fully saturated rings. The van der Waals surface area contributed by atoms with Gasteiger partial charge in [-0.1, -0.05) is 17.7 Å². The molecule has 0 bridgehead atoms. The Balaban J connectivity index is 2.49. The maximum absolute atomic E-state index is 14.0. The van der Waals surface area contributed by atoms with Gasteiger partial charge in [0, 0.05) is 19.8 Å². The third-order valence-electron chi connectivity index (χ3n) is 2.73. The lowest BCUT2D eigenvalue weighted by molar-refractivity contribution is 0.215. The van der Waals surface area contributed by atoms with Crippen LogP contribution in [0.4, 0.5) is 4.39 Å². The van der Waals surface area contributed by atoms with Crippen molar-refractivity contribution in [3.05, 3.63) is 54.4 Å². The van der Waals surface area contributed by atoms with Crippen molar-refractivity contribution in [3.8, 4) is 0 Å². The minimum Gasteiger partial charge on any atom is -0.384 e. The molecular weight excluding hydrogens is 339 g/mol. The fraction of sp³-hybridized carbons (Fsp3) is 0.231. The first-order valence-corrected chi connectivity index (χ1v) is 7.29. The summed E-state index contributed by atoms with van der Waals surface area (Å²) in [7, 11) is 0. The van der Waals surface area contributed by atoms with Crippen LogP contribution in [0.15, 0.2) is 22.7 Å². The van der Waals surface area contributed by atoms with Gasteiger partial charge in [-0.25, -0.2) is 4.39 Å². The third-order valence-corrected chi connectivity index (χ3v) is 4.97. The van der Waals surface area contributed by atoms with E-state index in [4.69, 9.17) is 11.6 Å². The average Bonchev–Trinajstić information content (AvgIpc) is 2.65. The topological polar surface area (TPSA) is 20.2 Å². The summed E-state index contributed by atoms with van der Waals surface area (Å²) in [5.41, 5.74) is 0.930. The number of hydrogen-bond acceptors (Lipinski definition) is 2. The highest BCUT2D eigenvalue weighted by molar-refractivity contribution is 9.10. The number of halogens is 3. The highest BCUT2D eigenvalue weighted by atomic mass is 79.9. The summed E-state index contributed by atoms with van der Waals surface area (Å²) < 4.78 is 14.5. The summed E-state index contributed by atoms with van der Waals surface area (Å²) in [6.07, 6.45) is -0.986. The Kier molecular flexibility index (Phi) is 4.11. The van der Waals surface area contributed by atoms with Gasteiger partial charge < -0.3 is 5.11 Å². The van der Waals surface area contributed by atoms with Crippen molar-refractivity contribution < 1.29 is 9.50 Å². The van der Waals surface area contributed by atoms with Crippen molar-refractivity contribution in [2.24, 2.45) is 0 Å². The standard InChI is InChI=1S/C13H11BrClFOS/c1-6-5-9(7(2)18-6)13(17)8-3-4-10(14)11(15)12(8)16/h3-5,13,17H,1-2H3. The minimum absolute atomic E-state index is 0.00356. The van der Waals surface area contributed by atoms with Crippen LogP contribution in [0.2, 0.25) is 5.02 Å². The molecule has 0 radical (unpaired) electrons. The maximum Gasteiger partial charge on any atom is 0.149 e. The van der Waals surface area contributed by atoms with Crippen LogP contribution in [0, 0.1) is 19.7 Å². The predicted molar refractivity (Wildman–Crippen MR) is 77.0 cm³/mol. The Hall–Kier alpha value is -0.420. The lowest BCUT2D eigenvalue weighted by Crippen LogP contribution is -2.03. The number of aliphatic hydroxyl groups excluding tert-OH is 1. The molecule has 0 saturated heterocycles. The van der Waals surface area contributed by atoms with Gasteiger partial charge in [0.25, 0.3) is 0 Å². The fourth-order valence-corrected chi connectivity index (χ4v) is 3.28. The monoisotopic (exact) mass is 348 g/mol. The largest absolute Gasteiger partial charge is 0.384 e. The molecule has 5 heteroatoms. The second-order valence-corrected chi connectivity index (χ2v) is 6.73. The average molecular weight is 350 g/mol. The summed E-state index contributed by atoms with van der Waals surface area (Å²) in [6, 6.07) is 5.06. The van der Waals surface area contributed by atoms with E-state index >= 15 is 0 Å². The Morgan fingerprint density at radius 3 is 2.56 bits per heavy atom. The van der Waals surface area contributed by atoms with Gasteiger partial charge in [-0.15, -0.1) is 11.3 Å². The van der Waals surface area contributed by atoms with Crippen molar-refractivity contribution in [2.75, 3.05) is 0 Å². The molecule has 0 spiro atoms. The van der Waals surface area contributed by atoms with Crippen LogP contribution < -0.4 is 0 Å². The molecule has 2 aromatic rings. The lowest BCUT2D eigenvalue weighted by Gasteiger charge is -2.13. The van der Waals surface area contributed by atoms with Gasteiger partial charge in [0.1, 0.15) is 11.9 Å². The molecule has 1 atom stereocenters. The minimum atomic E-state index is -0.986. The molecule has 1 N–H and O–H groups in total. The summed E-state index contributed by atoms with van der Waals surface area (Å²) >= 11 is 10.6. The van der Waals surface area contributed by atoms with E-state index in [1.807, 2.05) is 19.9 Å². The third kappa shape index (κ3) is 2.48. The molecule has 96 valence electrons. The first-order chi connectivity index (χ1) is 8.41. The van der Waals surface area contributed by atoms with Gasteiger partial charge in [-0.3, -0.25) is 0 Å². The maximum atomic E-state index is 14.0. The summed E-state index contributed by atoms with van der Waals surface area (Å²) in [6.45, 7) is 3.87. The van der Waals surface area contributed by atoms with Crippen molar-refractivity contribution in [1.82, 2.24) is 0 Å². The van der Waals surface area contributed by atoms with Crippen LogP contribution in [0.1, 0.15) is 27.0 Å². The number of aliphatic hydroxyl groups is 1. The highest BCUT2D eigenvalue weighted by Crippen LogP contribution is 2.35. The second kappa shape index (κ2) is 5.29. The number of benzene rings is 1. The van der Waals surface area contributed by atoms with Gasteiger partial charge in [-0.05, 0) is 47.5 Å². The molecule has 0 aliphatic rings. The number of hydrogen-bond donors (Lipinski definition) is 1. The Labute approximate surface area is 122 Å². The smallest absolute Gasteiger partial charge is 0.149 e. The Morgan fingerprint density at radius 2 is 2.00 bits per heavy atom. The quantitative estimate of drug-likeness (QED) is 0.756. The van der Waals surface area contributed by atoms with Crippen LogP contribution in [-0.2, 0) is 0 Å². The van der Waals surface area contributed by atoms with E-state index in [-0.39, 0.29) is 10.6 Å². The molecule has 0 aliphatic carbocycles. The zero-order valence-electron chi connectivity index (χ0n) is 9.80. The first kappa shape index (κ1) is 14.0. The van der Waals surface area contributed by atoms with Crippen molar-refractivity contribution in [1.29, 1.82) is 0 Å². The Morgan fingerprint density at radius 1 is 1.33 bits per heavy atom. The van der Waals surface area contributed by atoms with Crippen LogP contribution in [0.3, 0.4) is 0 Å². The van der Waals surface area contributed by atoms with E-state index in [0.29, 0.717) is 4.47 Å². The van der Waals surface area contributed by atoms with Crippen LogP contribution in [-0.4, -0.2) is 5.11 Å². The molecule has 0 saturated carbocycles. The molecule has 2 rings (SSSR count). The van der Waals surface area contributed by atoms with Gasteiger partial charge in [-0.2, -0.15) is 0 Å². The molecule has 1 aromatic carbocycles. The van der Waals surface area contributed by atoms with E-state index in [9.17, 15) is 9.50 Å². The van der Waals surface area contributed by atoms with Gasteiger partial charge in [0.05, 0.1) is 5.02 Å². The van der Waals surface area contributed by atoms with Gasteiger partial charge in [0.15, 0.2) is 0 Å². The van der Waals surface area contributed by atoms with Crippen molar-refractivity contribution in [2.45, 2.75) is 20.0 Å². The molecule has 1 heterocycles. The first-order valence-electron chi connectivity index (χ1n) is 5.30. The van der Waals surface area contributed by atoms with Gasteiger partial charge in [0.2, 0.25) is 0 Å². The van der Waals surface area contributed by atoms with E-state index in [1.54, 1.807) is 23.5 Å². The number of thiophene rings is 1. The fourth-order valence-electron chi connectivity index (χ4n) is 1.84. The van der Waals surface area contributed by atoms with E-state index in [0.717, 1.165) is 15.3 Å². The zero-order valence-corrected chi connectivity index (χ0v) is 13.0. The molecule has 1 nitrogen and oxygen atoms in total. The predicted octanol–water partition coefficient (Wildman–Crippen LogP) is 5.00. The second-order valence-electron chi connectivity index (χ2n) is 4.04. The molecule has 0 aliphatic heterocycles. The highest BCUT2D eigenvalue weighted by Gasteiger charge is 2.21. The summed E-state index contributed by atoms with van der Waals surface area (Å²) in [5, 5.41) is 10.3. The Bertz CT molecular complexity index is 597. The van der Waals surface area contributed by atoms with Gasteiger partial charge >= 0.3 is 0 Å². The van der Waals surface area contributed by atoms with Crippen molar-refractivity contribution in [3.63, 3.8) is 0 Å². The lowest BCUT2D eigenvalue weighted by atomic mass is 10.0. The van der Waals surface area contributed by atoms with E-state index < -0.39 is 11.9 Å². The van der Waals surface area contributed by atoms with Crippen LogP contribution in [0.25, 0.3) is 0 Å². The summed E-state index contributed by atoms with van der Waals surface area (Å²) in [4.78, 5) is 2.07. The molecule has 1 aromatic heterocycles. The van der Waals surface area contributed by atoms with Crippen LogP contribution >= 0.6 is 38.9 Å². The molecular formula is C13H11BrClFOS.